The minimum atomic E-state index is 0.0470. The Hall–Kier alpha value is -3.52. The zero-order valence-corrected chi connectivity index (χ0v) is 19.4. The van der Waals surface area contributed by atoms with Gasteiger partial charge >= 0.3 is 0 Å². The number of aromatic nitrogens is 3. The average Bonchev–Trinajstić information content (AvgIpc) is 2.89. The number of likely N-dealkylation sites (tertiary alicyclic amines) is 1. The molecule has 2 fully saturated rings. The molecule has 0 saturated carbocycles. The quantitative estimate of drug-likeness (QED) is 0.574. The van der Waals surface area contributed by atoms with Crippen LogP contribution >= 0.6 is 0 Å². The summed E-state index contributed by atoms with van der Waals surface area (Å²) in [6.45, 7) is 6.32. The van der Waals surface area contributed by atoms with E-state index in [0.717, 1.165) is 48.8 Å². The molecule has 3 aromatic rings. The van der Waals surface area contributed by atoms with Gasteiger partial charge in [-0.1, -0.05) is 12.1 Å². The van der Waals surface area contributed by atoms with Crippen molar-refractivity contribution >= 4 is 11.7 Å². The summed E-state index contributed by atoms with van der Waals surface area (Å²) in [5, 5.41) is 0. The monoisotopic (exact) mass is 459 g/mol. The number of amides is 1. The van der Waals surface area contributed by atoms with Crippen LogP contribution in [0.4, 0.5) is 5.82 Å². The molecule has 8 heteroatoms. The summed E-state index contributed by atoms with van der Waals surface area (Å²) < 4.78 is 11.5. The highest BCUT2D eigenvalue weighted by atomic mass is 16.5. The third-order valence-corrected chi connectivity index (χ3v) is 6.39. The summed E-state index contributed by atoms with van der Waals surface area (Å²) in [5.41, 5.74) is 2.66. The Bertz CT molecular complexity index is 1140. The third-order valence-electron chi connectivity index (χ3n) is 6.39. The van der Waals surface area contributed by atoms with E-state index >= 15 is 0 Å². The van der Waals surface area contributed by atoms with Crippen LogP contribution in [0.15, 0.2) is 55.0 Å². The van der Waals surface area contributed by atoms with Gasteiger partial charge in [-0.25, -0.2) is 9.97 Å². The lowest BCUT2D eigenvalue weighted by Crippen LogP contribution is -2.39. The molecule has 1 amide bonds. The van der Waals surface area contributed by atoms with Crippen LogP contribution in [0.25, 0.3) is 0 Å². The lowest BCUT2D eigenvalue weighted by molar-refractivity contribution is 0.0711. The molecule has 0 atom stereocenters. The van der Waals surface area contributed by atoms with Crippen molar-refractivity contribution in [3.8, 4) is 11.6 Å². The lowest BCUT2D eigenvalue weighted by Gasteiger charge is -2.32. The molecule has 2 saturated heterocycles. The molecule has 34 heavy (non-hydrogen) atoms. The molecular weight excluding hydrogens is 430 g/mol. The van der Waals surface area contributed by atoms with E-state index in [-0.39, 0.29) is 11.8 Å². The highest BCUT2D eigenvalue weighted by molar-refractivity contribution is 5.95. The van der Waals surface area contributed by atoms with E-state index in [9.17, 15) is 4.79 Å². The van der Waals surface area contributed by atoms with Gasteiger partial charge in [-0.05, 0) is 49.6 Å². The first-order chi connectivity index (χ1) is 16.7. The van der Waals surface area contributed by atoms with Crippen molar-refractivity contribution in [2.75, 3.05) is 44.3 Å². The molecule has 2 aliphatic heterocycles. The van der Waals surface area contributed by atoms with Gasteiger partial charge in [0.15, 0.2) is 0 Å². The second kappa shape index (κ2) is 10.2. The van der Waals surface area contributed by atoms with Crippen LogP contribution in [-0.2, 0) is 4.74 Å². The second-order valence-electron chi connectivity index (χ2n) is 8.73. The van der Waals surface area contributed by atoms with Crippen molar-refractivity contribution < 1.29 is 14.3 Å². The number of ether oxygens (including phenoxy) is 2. The van der Waals surface area contributed by atoms with E-state index in [0.29, 0.717) is 37.7 Å². The van der Waals surface area contributed by atoms with Gasteiger partial charge in [0, 0.05) is 56.3 Å². The number of carbonyl (C=O) groups excluding carboxylic acids is 1. The second-order valence-corrected chi connectivity index (χ2v) is 8.73. The van der Waals surface area contributed by atoms with Crippen LogP contribution in [-0.4, -0.2) is 65.2 Å². The van der Waals surface area contributed by atoms with Crippen molar-refractivity contribution in [1.82, 2.24) is 19.9 Å². The number of morpholine rings is 1. The molecule has 8 nitrogen and oxygen atoms in total. The van der Waals surface area contributed by atoms with Gasteiger partial charge in [0.05, 0.1) is 13.2 Å². The Morgan fingerprint density at radius 2 is 1.76 bits per heavy atom. The maximum absolute atomic E-state index is 13.2. The van der Waals surface area contributed by atoms with Gasteiger partial charge in [-0.2, -0.15) is 0 Å². The van der Waals surface area contributed by atoms with E-state index in [1.165, 1.54) is 0 Å². The Labute approximate surface area is 199 Å². The summed E-state index contributed by atoms with van der Waals surface area (Å²) in [6, 6.07) is 11.6. The predicted octanol–water partition coefficient (Wildman–Crippen LogP) is 3.83. The van der Waals surface area contributed by atoms with Crippen molar-refractivity contribution in [2.45, 2.75) is 25.7 Å². The molecule has 0 bridgehead atoms. The van der Waals surface area contributed by atoms with Crippen molar-refractivity contribution in [2.24, 2.45) is 0 Å². The van der Waals surface area contributed by atoms with Gasteiger partial charge < -0.3 is 19.3 Å². The Morgan fingerprint density at radius 1 is 0.971 bits per heavy atom. The van der Waals surface area contributed by atoms with Crippen LogP contribution < -0.4 is 9.64 Å². The largest absolute Gasteiger partial charge is 0.437 e. The van der Waals surface area contributed by atoms with Gasteiger partial charge in [-0.15, -0.1) is 0 Å². The molecule has 2 aromatic heterocycles. The summed E-state index contributed by atoms with van der Waals surface area (Å²) in [5.74, 6) is 2.37. The molecular formula is C26H29N5O3. The first-order valence-electron chi connectivity index (χ1n) is 11.8. The summed E-state index contributed by atoms with van der Waals surface area (Å²) in [7, 11) is 0. The normalized spacial score (nSPS) is 17.0. The zero-order chi connectivity index (χ0) is 23.3. The molecule has 0 aliphatic carbocycles. The number of rotatable bonds is 5. The lowest BCUT2D eigenvalue weighted by atomic mass is 9.93. The summed E-state index contributed by atoms with van der Waals surface area (Å²) >= 11 is 0. The van der Waals surface area contributed by atoms with E-state index in [2.05, 4.69) is 19.9 Å². The number of anilines is 1. The predicted molar refractivity (Wildman–Crippen MR) is 128 cm³/mol. The molecule has 4 heterocycles. The molecule has 176 valence electrons. The maximum Gasteiger partial charge on any atom is 0.254 e. The number of aryl methyl sites for hydroxylation is 1. The Kier molecular flexibility index (Phi) is 6.67. The van der Waals surface area contributed by atoms with E-state index < -0.39 is 0 Å². The number of hydrogen-bond acceptors (Lipinski definition) is 7. The van der Waals surface area contributed by atoms with E-state index in [4.69, 9.17) is 9.47 Å². The summed E-state index contributed by atoms with van der Waals surface area (Å²) in [6.07, 6.45) is 6.72. The van der Waals surface area contributed by atoms with Crippen molar-refractivity contribution in [3.63, 3.8) is 0 Å². The first kappa shape index (κ1) is 22.3. The van der Waals surface area contributed by atoms with Crippen LogP contribution in [0.3, 0.4) is 0 Å². The fraction of sp³-hybridized carbons (Fsp3) is 0.385. The molecule has 0 N–H and O–H groups in total. The number of hydrogen-bond donors (Lipinski definition) is 0. The number of benzene rings is 1. The molecule has 0 radical (unpaired) electrons. The molecule has 1 aromatic carbocycles. The standard InChI is InChI=1S/C26H29N5O3/c1-19-3-2-4-22(17-19)34-25-24(28-9-10-29-25)20-6-11-31(12-7-20)26(32)21-5-8-27-23(18-21)30-13-15-33-16-14-30/h2-5,8-10,17-18,20H,6-7,11-16H2,1H3. The van der Waals surface area contributed by atoms with Crippen molar-refractivity contribution in [1.29, 1.82) is 0 Å². The summed E-state index contributed by atoms with van der Waals surface area (Å²) in [4.78, 5) is 30.8. The average molecular weight is 460 g/mol. The highest BCUT2D eigenvalue weighted by Gasteiger charge is 2.28. The van der Waals surface area contributed by atoms with Crippen LogP contribution in [0.5, 0.6) is 11.6 Å². The number of piperidine rings is 1. The smallest absolute Gasteiger partial charge is 0.254 e. The fourth-order valence-corrected chi connectivity index (χ4v) is 4.54. The van der Waals surface area contributed by atoms with Crippen LogP contribution in [0.1, 0.15) is 40.4 Å². The maximum atomic E-state index is 13.2. The Morgan fingerprint density at radius 3 is 2.56 bits per heavy atom. The molecule has 0 unspecified atom stereocenters. The SMILES string of the molecule is Cc1cccc(Oc2nccnc2C2CCN(C(=O)c3ccnc(N4CCOCC4)c3)CC2)c1. The first-order valence-corrected chi connectivity index (χ1v) is 11.8. The molecule has 2 aliphatic rings. The van der Waals surface area contributed by atoms with Gasteiger partial charge in [-0.3, -0.25) is 9.78 Å². The highest BCUT2D eigenvalue weighted by Crippen LogP contribution is 2.34. The van der Waals surface area contributed by atoms with Crippen LogP contribution in [0, 0.1) is 6.92 Å². The number of carbonyl (C=O) groups is 1. The fourth-order valence-electron chi connectivity index (χ4n) is 4.54. The molecule has 0 spiro atoms. The number of pyridine rings is 1. The molecule has 5 rings (SSSR count). The third kappa shape index (κ3) is 5.02. The number of nitrogens with zero attached hydrogens (tertiary/aromatic N) is 5. The van der Waals surface area contributed by atoms with Gasteiger partial charge in [0.2, 0.25) is 5.88 Å². The minimum Gasteiger partial charge on any atom is -0.437 e. The minimum absolute atomic E-state index is 0.0470. The van der Waals surface area contributed by atoms with Crippen molar-refractivity contribution in [3.05, 3.63) is 71.8 Å². The topological polar surface area (TPSA) is 80.7 Å². The van der Waals surface area contributed by atoms with Gasteiger partial charge in [0.25, 0.3) is 5.91 Å². The van der Waals surface area contributed by atoms with E-state index in [1.807, 2.05) is 42.2 Å². The van der Waals surface area contributed by atoms with E-state index in [1.54, 1.807) is 24.7 Å². The van der Waals surface area contributed by atoms with Crippen LogP contribution in [0.2, 0.25) is 0 Å². The zero-order valence-electron chi connectivity index (χ0n) is 19.4. The Balaban J connectivity index is 1.24. The van der Waals surface area contributed by atoms with Gasteiger partial charge in [0.1, 0.15) is 17.3 Å².